The molecule has 0 spiro atoms. The summed E-state index contributed by atoms with van der Waals surface area (Å²) in [4.78, 5) is 3.95. The molecule has 1 aromatic heterocycles. The van der Waals surface area contributed by atoms with E-state index in [1.165, 1.54) is 5.56 Å². The lowest BCUT2D eigenvalue weighted by Crippen LogP contribution is -1.85. The van der Waals surface area contributed by atoms with Gasteiger partial charge in [-0.25, -0.2) is 0 Å². The summed E-state index contributed by atoms with van der Waals surface area (Å²) in [5.74, 6) is 0. The molecule has 0 aliphatic rings. The Kier molecular flexibility index (Phi) is 4.35. The highest BCUT2D eigenvalue weighted by Crippen LogP contribution is 1.97. The molecule has 0 saturated carbocycles. The van der Waals surface area contributed by atoms with Gasteiger partial charge in [0.2, 0.25) is 0 Å². The maximum atomic E-state index is 5.36. The van der Waals surface area contributed by atoms with E-state index in [1.54, 1.807) is 6.20 Å². The zero-order valence-corrected chi connectivity index (χ0v) is 9.14. The van der Waals surface area contributed by atoms with Gasteiger partial charge in [0.15, 0.2) is 0 Å². The van der Waals surface area contributed by atoms with E-state index in [0.717, 1.165) is 11.4 Å². The summed E-state index contributed by atoms with van der Waals surface area (Å²) in [7, 11) is 0. The number of aromatic nitrogens is 1. The van der Waals surface area contributed by atoms with Crippen molar-refractivity contribution in [3.05, 3.63) is 59.9 Å². The van der Waals surface area contributed by atoms with Crippen molar-refractivity contribution in [3.63, 3.8) is 0 Å². The highest BCUT2D eigenvalue weighted by atomic mass is 14.7. The van der Waals surface area contributed by atoms with Gasteiger partial charge >= 0.3 is 0 Å². The Hall–Kier alpha value is -1.83. The molecule has 0 saturated heterocycles. The first-order valence-electron chi connectivity index (χ1n) is 4.88. The van der Waals surface area contributed by atoms with Gasteiger partial charge in [-0.2, -0.15) is 0 Å². The van der Waals surface area contributed by atoms with Crippen molar-refractivity contribution in [2.24, 2.45) is 0 Å². The van der Waals surface area contributed by atoms with E-state index in [-0.39, 0.29) is 0 Å². The van der Waals surface area contributed by atoms with E-state index in [1.807, 2.05) is 37.3 Å². The number of nitrogens with two attached hydrogens (primary N) is 1. The lowest BCUT2D eigenvalue weighted by atomic mass is 10.2. The standard InChI is InChI=1S/C7H8.C6H8N2/c1-7-5-3-2-4-6-7;1-5-2-3-6(7)4-8-5/h2-6H,1H3;2-4H,7H2,1H3. The van der Waals surface area contributed by atoms with Gasteiger partial charge < -0.3 is 5.73 Å². The van der Waals surface area contributed by atoms with Crippen molar-refractivity contribution in [1.29, 1.82) is 0 Å². The monoisotopic (exact) mass is 200 g/mol. The van der Waals surface area contributed by atoms with Crippen LogP contribution in [0.2, 0.25) is 0 Å². The van der Waals surface area contributed by atoms with Crippen LogP contribution in [0.1, 0.15) is 11.3 Å². The fourth-order valence-corrected chi connectivity index (χ4v) is 1.01. The summed E-state index contributed by atoms with van der Waals surface area (Å²) in [5.41, 5.74) is 8.40. The van der Waals surface area contributed by atoms with Crippen LogP contribution in [0.5, 0.6) is 0 Å². The molecule has 2 aromatic rings. The molecular formula is C13H16N2. The van der Waals surface area contributed by atoms with Crippen molar-refractivity contribution in [3.8, 4) is 0 Å². The molecule has 2 nitrogen and oxygen atoms in total. The quantitative estimate of drug-likeness (QED) is 0.710. The van der Waals surface area contributed by atoms with Crippen LogP contribution in [0.15, 0.2) is 48.7 Å². The Morgan fingerprint density at radius 3 is 1.93 bits per heavy atom. The second kappa shape index (κ2) is 5.81. The second-order valence-corrected chi connectivity index (χ2v) is 3.39. The van der Waals surface area contributed by atoms with Gasteiger partial charge in [-0.15, -0.1) is 0 Å². The zero-order chi connectivity index (χ0) is 11.1. The van der Waals surface area contributed by atoms with Gasteiger partial charge in [0, 0.05) is 5.69 Å². The number of benzene rings is 1. The average molecular weight is 200 g/mol. The lowest BCUT2D eigenvalue weighted by molar-refractivity contribution is 1.20. The molecule has 0 bridgehead atoms. The summed E-state index contributed by atoms with van der Waals surface area (Å²) in [5, 5.41) is 0. The van der Waals surface area contributed by atoms with Gasteiger partial charge in [0.05, 0.1) is 11.9 Å². The first kappa shape index (κ1) is 11.2. The molecule has 0 aliphatic carbocycles. The minimum Gasteiger partial charge on any atom is -0.397 e. The predicted molar refractivity (Wildman–Crippen MR) is 64.6 cm³/mol. The molecule has 2 N–H and O–H groups in total. The molecule has 0 atom stereocenters. The summed E-state index contributed by atoms with van der Waals surface area (Å²) >= 11 is 0. The Morgan fingerprint density at radius 1 is 0.933 bits per heavy atom. The fourth-order valence-electron chi connectivity index (χ4n) is 1.01. The van der Waals surface area contributed by atoms with Crippen molar-refractivity contribution in [2.75, 3.05) is 5.73 Å². The normalized spacial score (nSPS) is 8.93. The predicted octanol–water partition coefficient (Wildman–Crippen LogP) is 2.97. The fraction of sp³-hybridized carbons (Fsp3) is 0.154. The molecule has 0 fully saturated rings. The highest BCUT2D eigenvalue weighted by Gasteiger charge is 1.81. The summed E-state index contributed by atoms with van der Waals surface area (Å²) < 4.78 is 0. The summed E-state index contributed by atoms with van der Waals surface area (Å²) in [6.45, 7) is 4.01. The Morgan fingerprint density at radius 2 is 1.60 bits per heavy atom. The molecule has 2 heteroatoms. The summed E-state index contributed by atoms with van der Waals surface area (Å²) in [6.07, 6.45) is 1.65. The van der Waals surface area contributed by atoms with Crippen molar-refractivity contribution >= 4 is 5.69 Å². The van der Waals surface area contributed by atoms with E-state index in [9.17, 15) is 0 Å². The van der Waals surface area contributed by atoms with Gasteiger partial charge in [-0.1, -0.05) is 35.9 Å². The second-order valence-electron chi connectivity index (χ2n) is 3.39. The van der Waals surface area contributed by atoms with Crippen LogP contribution in [0.25, 0.3) is 0 Å². The van der Waals surface area contributed by atoms with Crippen molar-refractivity contribution in [2.45, 2.75) is 13.8 Å². The third-order valence-corrected chi connectivity index (χ3v) is 1.87. The Balaban J connectivity index is 0.000000151. The van der Waals surface area contributed by atoms with Crippen LogP contribution >= 0.6 is 0 Å². The van der Waals surface area contributed by atoms with Gasteiger partial charge in [0.25, 0.3) is 0 Å². The third kappa shape index (κ3) is 4.81. The lowest BCUT2D eigenvalue weighted by Gasteiger charge is -1.89. The van der Waals surface area contributed by atoms with E-state index >= 15 is 0 Å². The van der Waals surface area contributed by atoms with E-state index < -0.39 is 0 Å². The van der Waals surface area contributed by atoms with E-state index in [2.05, 4.69) is 24.0 Å². The number of anilines is 1. The smallest absolute Gasteiger partial charge is 0.0500 e. The molecule has 0 amide bonds. The van der Waals surface area contributed by atoms with Gasteiger partial charge in [-0.3, -0.25) is 4.98 Å². The molecule has 2 rings (SSSR count). The van der Waals surface area contributed by atoms with Gasteiger partial charge in [-0.05, 0) is 26.0 Å². The number of pyridine rings is 1. The van der Waals surface area contributed by atoms with Crippen molar-refractivity contribution in [1.82, 2.24) is 4.98 Å². The summed E-state index contributed by atoms with van der Waals surface area (Å²) in [6, 6.07) is 14.0. The van der Waals surface area contributed by atoms with Crippen LogP contribution < -0.4 is 5.73 Å². The number of aryl methyl sites for hydroxylation is 2. The number of nitrogens with zero attached hydrogens (tertiary/aromatic N) is 1. The molecule has 0 radical (unpaired) electrons. The maximum Gasteiger partial charge on any atom is 0.0500 e. The van der Waals surface area contributed by atoms with Crippen LogP contribution in [-0.4, -0.2) is 4.98 Å². The van der Waals surface area contributed by atoms with Crippen LogP contribution in [-0.2, 0) is 0 Å². The minimum absolute atomic E-state index is 0.718. The minimum atomic E-state index is 0.718. The number of rotatable bonds is 0. The molecule has 0 unspecified atom stereocenters. The van der Waals surface area contributed by atoms with E-state index in [0.29, 0.717) is 0 Å². The molecule has 0 aliphatic heterocycles. The van der Waals surface area contributed by atoms with Crippen molar-refractivity contribution < 1.29 is 0 Å². The molecular weight excluding hydrogens is 184 g/mol. The van der Waals surface area contributed by atoms with Crippen LogP contribution in [0.4, 0.5) is 5.69 Å². The van der Waals surface area contributed by atoms with E-state index in [4.69, 9.17) is 5.73 Å². The zero-order valence-electron chi connectivity index (χ0n) is 9.14. The van der Waals surface area contributed by atoms with Gasteiger partial charge in [0.1, 0.15) is 0 Å². The first-order chi connectivity index (χ1) is 7.18. The largest absolute Gasteiger partial charge is 0.397 e. The first-order valence-corrected chi connectivity index (χ1v) is 4.88. The molecule has 1 aromatic carbocycles. The maximum absolute atomic E-state index is 5.36. The SMILES string of the molecule is Cc1ccc(N)cn1.Cc1ccccc1. The van der Waals surface area contributed by atoms with Crippen LogP contribution in [0.3, 0.4) is 0 Å². The molecule has 1 heterocycles. The number of hydrogen-bond donors (Lipinski definition) is 1. The Labute approximate surface area is 90.8 Å². The average Bonchev–Trinajstić information content (AvgIpc) is 2.25. The Bertz CT molecular complexity index is 358. The third-order valence-electron chi connectivity index (χ3n) is 1.87. The number of nitrogen functional groups attached to an aromatic ring is 1. The number of hydrogen-bond acceptors (Lipinski definition) is 2. The van der Waals surface area contributed by atoms with Crippen LogP contribution in [0, 0.1) is 13.8 Å². The highest BCUT2D eigenvalue weighted by molar-refractivity contribution is 5.34. The molecule has 15 heavy (non-hydrogen) atoms. The topological polar surface area (TPSA) is 38.9 Å². The molecule has 78 valence electrons.